The summed E-state index contributed by atoms with van der Waals surface area (Å²) in [5, 5.41) is 3.97. The highest BCUT2D eigenvalue weighted by Crippen LogP contribution is 2.18. The van der Waals surface area contributed by atoms with Gasteiger partial charge in [-0.1, -0.05) is 55.5 Å². The Balaban J connectivity index is 1.77. The molecule has 3 rings (SSSR count). The maximum absolute atomic E-state index is 13.2. The van der Waals surface area contributed by atoms with Gasteiger partial charge in [-0.25, -0.2) is 0 Å². The van der Waals surface area contributed by atoms with Crippen molar-refractivity contribution in [3.05, 3.63) is 72.4 Å². The molecule has 0 saturated heterocycles. The van der Waals surface area contributed by atoms with Crippen molar-refractivity contribution in [2.45, 2.75) is 45.2 Å². The van der Waals surface area contributed by atoms with E-state index in [4.69, 9.17) is 16.5 Å². The van der Waals surface area contributed by atoms with Crippen molar-refractivity contribution in [3.8, 4) is 0 Å². The number of nitrogens with zero attached hydrogens (tertiary/aromatic N) is 2. The van der Waals surface area contributed by atoms with Gasteiger partial charge in [0.15, 0.2) is 0 Å². The highest BCUT2D eigenvalue weighted by atomic mass is 16.2. The molecule has 32 heavy (non-hydrogen) atoms. The average molecular weight is 432 g/mol. The van der Waals surface area contributed by atoms with Crippen LogP contribution in [0.3, 0.4) is 0 Å². The number of aliphatic imine (C=N–C) groups is 1. The second-order valence-electron chi connectivity index (χ2n) is 8.40. The van der Waals surface area contributed by atoms with Crippen molar-refractivity contribution in [1.29, 1.82) is 0 Å². The van der Waals surface area contributed by atoms with E-state index in [-0.39, 0.29) is 11.9 Å². The van der Waals surface area contributed by atoms with E-state index in [0.717, 1.165) is 29.5 Å². The van der Waals surface area contributed by atoms with Crippen molar-refractivity contribution in [1.82, 2.24) is 4.98 Å². The van der Waals surface area contributed by atoms with Crippen LogP contribution in [0.2, 0.25) is 0 Å². The Morgan fingerprint density at radius 3 is 2.59 bits per heavy atom. The SMILES string of the molecule is CC(=NC(CCc1ccccc1)C(=O)Nc1cnc2ccccc2c1)C(N)CC(C)CN. The molecule has 0 saturated carbocycles. The highest BCUT2D eigenvalue weighted by molar-refractivity contribution is 5.98. The number of pyridine rings is 1. The summed E-state index contributed by atoms with van der Waals surface area (Å²) in [6.07, 6.45) is 3.76. The van der Waals surface area contributed by atoms with Crippen molar-refractivity contribution < 1.29 is 4.79 Å². The lowest BCUT2D eigenvalue weighted by Crippen LogP contribution is -2.35. The number of para-hydroxylation sites is 1. The Bertz CT molecular complexity index is 1050. The molecule has 168 valence electrons. The highest BCUT2D eigenvalue weighted by Gasteiger charge is 2.20. The van der Waals surface area contributed by atoms with Crippen LogP contribution in [-0.2, 0) is 11.2 Å². The summed E-state index contributed by atoms with van der Waals surface area (Å²) in [5.74, 6) is 0.145. The van der Waals surface area contributed by atoms with Crippen molar-refractivity contribution in [3.63, 3.8) is 0 Å². The van der Waals surface area contributed by atoms with Crippen LogP contribution < -0.4 is 16.8 Å². The van der Waals surface area contributed by atoms with Gasteiger partial charge in [-0.3, -0.25) is 14.8 Å². The lowest BCUT2D eigenvalue weighted by atomic mass is 9.99. The Hall–Kier alpha value is -3.09. The molecule has 3 aromatic rings. The van der Waals surface area contributed by atoms with Crippen LogP contribution in [0.4, 0.5) is 5.69 Å². The summed E-state index contributed by atoms with van der Waals surface area (Å²) in [4.78, 5) is 22.4. The Morgan fingerprint density at radius 2 is 1.84 bits per heavy atom. The molecule has 2 aromatic carbocycles. The van der Waals surface area contributed by atoms with E-state index in [1.807, 2.05) is 55.5 Å². The molecule has 0 radical (unpaired) electrons. The zero-order valence-corrected chi connectivity index (χ0v) is 18.9. The number of carbonyl (C=O) groups excluding carboxylic acids is 1. The number of nitrogens with two attached hydrogens (primary N) is 2. The van der Waals surface area contributed by atoms with Gasteiger partial charge >= 0.3 is 0 Å². The topological polar surface area (TPSA) is 106 Å². The van der Waals surface area contributed by atoms with E-state index < -0.39 is 6.04 Å². The lowest BCUT2D eigenvalue weighted by Gasteiger charge is -2.19. The number of anilines is 1. The third-order valence-electron chi connectivity index (χ3n) is 5.66. The minimum Gasteiger partial charge on any atom is -0.330 e. The quantitative estimate of drug-likeness (QED) is 0.423. The third-order valence-corrected chi connectivity index (χ3v) is 5.66. The number of rotatable bonds is 10. The molecule has 6 nitrogen and oxygen atoms in total. The summed E-state index contributed by atoms with van der Waals surface area (Å²) in [6, 6.07) is 19.1. The maximum atomic E-state index is 13.2. The van der Waals surface area contributed by atoms with Crippen LogP contribution in [-0.4, -0.2) is 35.2 Å². The Morgan fingerprint density at radius 1 is 1.12 bits per heavy atom. The number of aromatic nitrogens is 1. The van der Waals surface area contributed by atoms with Gasteiger partial charge in [-0.2, -0.15) is 0 Å². The van der Waals surface area contributed by atoms with E-state index in [0.29, 0.717) is 24.6 Å². The lowest BCUT2D eigenvalue weighted by molar-refractivity contribution is -0.117. The first-order valence-electron chi connectivity index (χ1n) is 11.2. The van der Waals surface area contributed by atoms with Gasteiger partial charge in [0, 0.05) is 17.1 Å². The van der Waals surface area contributed by atoms with E-state index in [1.54, 1.807) is 6.20 Å². The number of carbonyl (C=O) groups is 1. The second-order valence-corrected chi connectivity index (χ2v) is 8.40. The third kappa shape index (κ3) is 6.70. The fourth-order valence-electron chi connectivity index (χ4n) is 3.61. The fourth-order valence-corrected chi connectivity index (χ4v) is 3.61. The predicted octanol–water partition coefficient (Wildman–Crippen LogP) is 3.95. The summed E-state index contributed by atoms with van der Waals surface area (Å²) < 4.78 is 0. The van der Waals surface area contributed by atoms with Crippen LogP contribution in [0, 0.1) is 5.92 Å². The van der Waals surface area contributed by atoms with Gasteiger partial charge in [0.1, 0.15) is 6.04 Å². The van der Waals surface area contributed by atoms with Crippen LogP contribution in [0.15, 0.2) is 71.9 Å². The van der Waals surface area contributed by atoms with E-state index in [9.17, 15) is 4.79 Å². The molecule has 3 atom stereocenters. The number of benzene rings is 2. The van der Waals surface area contributed by atoms with Crippen LogP contribution in [0.1, 0.15) is 32.3 Å². The first-order chi connectivity index (χ1) is 15.5. The second kappa shape index (κ2) is 11.5. The van der Waals surface area contributed by atoms with Gasteiger partial charge in [0.05, 0.1) is 17.4 Å². The molecular formula is C26H33N5O. The summed E-state index contributed by atoms with van der Waals surface area (Å²) in [6.45, 7) is 4.54. The molecule has 0 spiro atoms. The summed E-state index contributed by atoms with van der Waals surface area (Å²) in [7, 11) is 0. The molecule has 5 N–H and O–H groups in total. The molecule has 0 aliphatic carbocycles. The first-order valence-corrected chi connectivity index (χ1v) is 11.2. The molecular weight excluding hydrogens is 398 g/mol. The monoisotopic (exact) mass is 431 g/mol. The predicted molar refractivity (Wildman–Crippen MR) is 133 cm³/mol. The number of hydrogen-bond donors (Lipinski definition) is 3. The minimum absolute atomic E-state index is 0.156. The maximum Gasteiger partial charge on any atom is 0.249 e. The number of fused-ring (bicyclic) bond motifs is 1. The van der Waals surface area contributed by atoms with Crippen molar-refractivity contribution in [2.24, 2.45) is 22.4 Å². The first kappa shape index (κ1) is 23.6. The zero-order chi connectivity index (χ0) is 22.9. The van der Waals surface area contributed by atoms with Gasteiger partial charge in [-0.05, 0) is 56.3 Å². The van der Waals surface area contributed by atoms with E-state index in [2.05, 4.69) is 29.4 Å². The van der Waals surface area contributed by atoms with Gasteiger partial charge in [0.25, 0.3) is 0 Å². The van der Waals surface area contributed by atoms with E-state index in [1.165, 1.54) is 5.56 Å². The van der Waals surface area contributed by atoms with Gasteiger partial charge < -0.3 is 16.8 Å². The largest absolute Gasteiger partial charge is 0.330 e. The number of aryl methyl sites for hydroxylation is 1. The van der Waals surface area contributed by atoms with Crippen LogP contribution >= 0.6 is 0 Å². The molecule has 1 heterocycles. The molecule has 0 aliphatic heterocycles. The minimum atomic E-state index is -0.541. The molecule has 6 heteroatoms. The average Bonchev–Trinajstić information content (AvgIpc) is 2.81. The summed E-state index contributed by atoms with van der Waals surface area (Å²) >= 11 is 0. The zero-order valence-electron chi connectivity index (χ0n) is 18.9. The van der Waals surface area contributed by atoms with E-state index >= 15 is 0 Å². The normalized spacial score (nSPS) is 14.7. The summed E-state index contributed by atoms with van der Waals surface area (Å²) in [5.41, 5.74) is 15.6. The molecule has 0 aliphatic rings. The number of amides is 1. The Labute approximate surface area is 190 Å². The number of hydrogen-bond acceptors (Lipinski definition) is 5. The van der Waals surface area contributed by atoms with Crippen molar-refractivity contribution >= 4 is 28.2 Å². The molecule has 0 fully saturated rings. The molecule has 1 aromatic heterocycles. The molecule has 3 unspecified atom stereocenters. The number of nitrogens with one attached hydrogen (secondary N) is 1. The van der Waals surface area contributed by atoms with Gasteiger partial charge in [0.2, 0.25) is 5.91 Å². The van der Waals surface area contributed by atoms with Gasteiger partial charge in [-0.15, -0.1) is 0 Å². The van der Waals surface area contributed by atoms with Crippen LogP contribution in [0.5, 0.6) is 0 Å². The standard InChI is InChI=1S/C26H33N5O/c1-18(16-27)14-23(28)19(2)30-25(13-12-20-8-4-3-5-9-20)26(32)31-22-15-21-10-6-7-11-24(21)29-17-22/h3-11,15,17-18,23,25H,12-14,16,27-28H2,1-2H3,(H,31,32). The Kier molecular flexibility index (Phi) is 8.48. The van der Waals surface area contributed by atoms with Crippen molar-refractivity contribution in [2.75, 3.05) is 11.9 Å². The molecule has 0 bridgehead atoms. The fraction of sp³-hybridized carbons (Fsp3) is 0.346. The smallest absolute Gasteiger partial charge is 0.249 e. The van der Waals surface area contributed by atoms with Crippen LogP contribution in [0.25, 0.3) is 10.9 Å². The molecule has 1 amide bonds.